The number of fused-ring (bicyclic) bond motifs is 1. The Morgan fingerprint density at radius 2 is 2.00 bits per heavy atom. The molecule has 20 heavy (non-hydrogen) atoms. The Balaban J connectivity index is 1.73. The number of carboxylic acid groups (broad SMARTS) is 1. The van der Waals surface area contributed by atoms with Crippen molar-refractivity contribution in [1.29, 1.82) is 0 Å². The molecule has 2 rings (SSSR count). The smallest absolute Gasteiger partial charge is 0.303 e. The van der Waals surface area contributed by atoms with E-state index in [1.165, 1.54) is 11.1 Å². The summed E-state index contributed by atoms with van der Waals surface area (Å²) in [5.41, 5.74) is 2.47. The summed E-state index contributed by atoms with van der Waals surface area (Å²) in [6, 6.07) is 7.93. The van der Waals surface area contributed by atoms with Crippen molar-refractivity contribution in [3.05, 3.63) is 35.4 Å². The number of nitrogens with one attached hydrogen (secondary N) is 2. The van der Waals surface area contributed by atoms with E-state index in [0.717, 1.165) is 0 Å². The average Bonchev–Trinajstić information content (AvgIpc) is 2.46. The van der Waals surface area contributed by atoms with Crippen LogP contribution >= 0.6 is 0 Å². The van der Waals surface area contributed by atoms with Crippen LogP contribution in [0.25, 0.3) is 0 Å². The number of hydrogen-bond acceptors (Lipinski definition) is 3. The largest absolute Gasteiger partial charge is 0.481 e. The third kappa shape index (κ3) is 4.06. The minimum Gasteiger partial charge on any atom is -0.481 e. The summed E-state index contributed by atoms with van der Waals surface area (Å²) < 4.78 is 0. The van der Waals surface area contributed by atoms with E-state index in [0.29, 0.717) is 32.4 Å². The van der Waals surface area contributed by atoms with E-state index in [1.54, 1.807) is 0 Å². The lowest BCUT2D eigenvalue weighted by molar-refractivity contribution is -0.137. The molecule has 1 atom stereocenters. The summed E-state index contributed by atoms with van der Waals surface area (Å²) in [5, 5.41) is 14.6. The minimum atomic E-state index is -0.790. The van der Waals surface area contributed by atoms with Gasteiger partial charge in [-0.25, -0.2) is 0 Å². The average molecular weight is 276 g/mol. The van der Waals surface area contributed by atoms with Crippen molar-refractivity contribution in [3.8, 4) is 0 Å². The molecule has 0 fully saturated rings. The number of amides is 1. The predicted molar refractivity (Wildman–Crippen MR) is 75.3 cm³/mol. The summed E-state index contributed by atoms with van der Waals surface area (Å²) in [5.74, 6) is -0.795. The molecule has 0 spiro atoms. The van der Waals surface area contributed by atoms with E-state index in [2.05, 4.69) is 22.8 Å². The van der Waals surface area contributed by atoms with Crippen molar-refractivity contribution in [2.24, 2.45) is 0 Å². The molecule has 0 aromatic heterocycles. The Kier molecular flexibility index (Phi) is 5.12. The molecule has 1 unspecified atom stereocenters. The number of rotatable bonds is 6. The van der Waals surface area contributed by atoms with Crippen molar-refractivity contribution < 1.29 is 14.7 Å². The molecule has 1 aliphatic rings. The van der Waals surface area contributed by atoms with Crippen molar-refractivity contribution in [2.75, 3.05) is 6.54 Å². The summed E-state index contributed by atoms with van der Waals surface area (Å²) in [7, 11) is 0. The number of benzene rings is 1. The molecule has 1 aromatic carbocycles. The number of carbonyl (C=O) groups excluding carboxylic acids is 1. The van der Waals surface area contributed by atoms with E-state index in [1.807, 2.05) is 12.1 Å². The van der Waals surface area contributed by atoms with E-state index >= 15 is 0 Å². The lowest BCUT2D eigenvalue weighted by atomic mass is 9.95. The predicted octanol–water partition coefficient (Wildman–Crippen LogP) is 1.07. The Bertz CT molecular complexity index is 488. The maximum atomic E-state index is 12.0. The molecule has 1 aliphatic heterocycles. The molecule has 3 N–H and O–H groups in total. The van der Waals surface area contributed by atoms with Gasteiger partial charge in [-0.15, -0.1) is 0 Å². The molecule has 0 saturated carbocycles. The first-order valence-corrected chi connectivity index (χ1v) is 6.96. The van der Waals surface area contributed by atoms with E-state index in [-0.39, 0.29) is 18.4 Å². The maximum absolute atomic E-state index is 12.0. The van der Waals surface area contributed by atoms with Crippen LogP contribution < -0.4 is 10.6 Å². The fourth-order valence-electron chi connectivity index (χ4n) is 2.38. The summed E-state index contributed by atoms with van der Waals surface area (Å²) in [6.07, 6.45) is 2.15. The zero-order valence-corrected chi connectivity index (χ0v) is 11.4. The second kappa shape index (κ2) is 7.05. The van der Waals surface area contributed by atoms with Gasteiger partial charge in [-0.05, 0) is 30.4 Å². The summed E-state index contributed by atoms with van der Waals surface area (Å²) in [6.45, 7) is 1.25. The van der Waals surface area contributed by atoms with Gasteiger partial charge in [0.05, 0.1) is 6.04 Å². The highest BCUT2D eigenvalue weighted by Crippen LogP contribution is 2.16. The van der Waals surface area contributed by atoms with Gasteiger partial charge in [0.2, 0.25) is 5.91 Å². The molecule has 1 amide bonds. The number of carbonyl (C=O) groups is 2. The summed E-state index contributed by atoms with van der Waals surface area (Å²) in [4.78, 5) is 22.4. The first kappa shape index (κ1) is 14.5. The van der Waals surface area contributed by atoms with Gasteiger partial charge in [-0.1, -0.05) is 24.3 Å². The van der Waals surface area contributed by atoms with Crippen LogP contribution in [0.1, 0.15) is 30.4 Å². The zero-order valence-electron chi connectivity index (χ0n) is 11.4. The molecule has 0 radical (unpaired) electrons. The van der Waals surface area contributed by atoms with Crippen molar-refractivity contribution in [2.45, 2.75) is 38.3 Å². The number of aliphatic carboxylic acids is 1. The second-order valence-corrected chi connectivity index (χ2v) is 5.05. The van der Waals surface area contributed by atoms with Crippen LogP contribution in [0.4, 0.5) is 0 Å². The monoisotopic (exact) mass is 276 g/mol. The molecule has 0 bridgehead atoms. The van der Waals surface area contributed by atoms with Crippen LogP contribution in [0.2, 0.25) is 0 Å². The van der Waals surface area contributed by atoms with E-state index < -0.39 is 5.97 Å². The van der Waals surface area contributed by atoms with Crippen molar-refractivity contribution in [1.82, 2.24) is 10.6 Å². The van der Waals surface area contributed by atoms with Gasteiger partial charge in [0.25, 0.3) is 0 Å². The molecule has 0 aliphatic carbocycles. The molecule has 108 valence electrons. The Morgan fingerprint density at radius 1 is 1.25 bits per heavy atom. The van der Waals surface area contributed by atoms with Crippen LogP contribution in [-0.4, -0.2) is 29.6 Å². The normalized spacial score (nSPS) is 17.3. The summed E-state index contributed by atoms with van der Waals surface area (Å²) >= 11 is 0. The van der Waals surface area contributed by atoms with Gasteiger partial charge in [0, 0.05) is 19.5 Å². The topological polar surface area (TPSA) is 78.4 Å². The Morgan fingerprint density at radius 3 is 2.75 bits per heavy atom. The van der Waals surface area contributed by atoms with Gasteiger partial charge in [-0.2, -0.15) is 0 Å². The highest BCUT2D eigenvalue weighted by molar-refractivity contribution is 5.82. The molecule has 1 heterocycles. The highest BCUT2D eigenvalue weighted by atomic mass is 16.4. The van der Waals surface area contributed by atoms with Gasteiger partial charge < -0.3 is 15.7 Å². The van der Waals surface area contributed by atoms with Crippen LogP contribution in [0.5, 0.6) is 0 Å². The molecule has 5 nitrogen and oxygen atoms in total. The third-order valence-electron chi connectivity index (χ3n) is 3.51. The number of unbranched alkanes of at least 4 members (excludes halogenated alkanes) is 1. The minimum absolute atomic E-state index is 0.00479. The molecule has 0 saturated heterocycles. The van der Waals surface area contributed by atoms with Gasteiger partial charge in [0.1, 0.15) is 0 Å². The fraction of sp³-hybridized carbons (Fsp3) is 0.467. The molecule has 1 aromatic rings. The van der Waals surface area contributed by atoms with Gasteiger partial charge >= 0.3 is 5.97 Å². The number of carboxylic acids is 1. The fourth-order valence-corrected chi connectivity index (χ4v) is 2.38. The lowest BCUT2D eigenvalue weighted by Crippen LogP contribution is -2.47. The van der Waals surface area contributed by atoms with Crippen LogP contribution in [0.3, 0.4) is 0 Å². The zero-order chi connectivity index (χ0) is 14.4. The van der Waals surface area contributed by atoms with Gasteiger partial charge in [-0.3, -0.25) is 9.59 Å². The quantitative estimate of drug-likeness (QED) is 0.679. The van der Waals surface area contributed by atoms with Gasteiger partial charge in [0.15, 0.2) is 0 Å². The number of hydrogen-bond donors (Lipinski definition) is 3. The van der Waals surface area contributed by atoms with E-state index in [4.69, 9.17) is 5.11 Å². The lowest BCUT2D eigenvalue weighted by Gasteiger charge is -2.25. The van der Waals surface area contributed by atoms with Crippen LogP contribution in [-0.2, 0) is 22.6 Å². The van der Waals surface area contributed by atoms with Crippen molar-refractivity contribution in [3.63, 3.8) is 0 Å². The Hall–Kier alpha value is -1.88. The standard InChI is InChI=1S/C15H20N2O3/c18-14(19)7-3-4-8-16-15(20)13-9-11-5-1-2-6-12(11)10-17-13/h1-2,5-6,13,17H,3-4,7-10H2,(H,16,20)(H,18,19). The van der Waals surface area contributed by atoms with Crippen molar-refractivity contribution >= 4 is 11.9 Å². The Labute approximate surface area is 118 Å². The first-order valence-electron chi connectivity index (χ1n) is 6.96. The molecular formula is C15H20N2O3. The maximum Gasteiger partial charge on any atom is 0.303 e. The van der Waals surface area contributed by atoms with E-state index in [9.17, 15) is 9.59 Å². The van der Waals surface area contributed by atoms with Crippen LogP contribution in [0.15, 0.2) is 24.3 Å². The first-order chi connectivity index (χ1) is 9.66. The SMILES string of the molecule is O=C(O)CCCCNC(=O)C1Cc2ccccc2CN1. The third-order valence-corrected chi connectivity index (χ3v) is 3.51. The van der Waals surface area contributed by atoms with Crippen LogP contribution in [0, 0.1) is 0 Å². The highest BCUT2D eigenvalue weighted by Gasteiger charge is 2.23. The molecule has 5 heteroatoms. The second-order valence-electron chi connectivity index (χ2n) is 5.05. The molecular weight excluding hydrogens is 256 g/mol.